The molecule has 4 amide bonds. The maximum absolute atomic E-state index is 13.5. The highest BCUT2D eigenvalue weighted by atomic mass is 35.5. The highest BCUT2D eigenvalue weighted by molar-refractivity contribution is 6.37. The Morgan fingerprint density at radius 3 is 1.42 bits per heavy atom. The number of methoxy groups -OCH3 is 2. The molecule has 3 atom stereocenters. The molecule has 0 saturated carbocycles. The van der Waals surface area contributed by atoms with Gasteiger partial charge in [0.15, 0.2) is 11.6 Å². The van der Waals surface area contributed by atoms with Gasteiger partial charge in [-0.15, -0.1) is 34.8 Å². The van der Waals surface area contributed by atoms with Gasteiger partial charge in [-0.05, 0) is 116 Å². The minimum atomic E-state index is -1.65. The lowest BCUT2D eigenvalue weighted by atomic mass is 10.1. The summed E-state index contributed by atoms with van der Waals surface area (Å²) in [6, 6.07) is 19.8. The first-order chi connectivity index (χ1) is 32.0. The third kappa shape index (κ3) is 13.1. The number of anilines is 4. The van der Waals surface area contributed by atoms with Crippen LogP contribution in [0.3, 0.4) is 0 Å². The van der Waals surface area contributed by atoms with Gasteiger partial charge in [0.2, 0.25) is 12.1 Å². The quantitative estimate of drug-likeness (QED) is 0.0353. The van der Waals surface area contributed by atoms with Gasteiger partial charge in [0.1, 0.15) is 22.9 Å². The predicted molar refractivity (Wildman–Crippen MR) is 260 cm³/mol. The molecule has 0 aliphatic heterocycles. The van der Waals surface area contributed by atoms with Crippen molar-refractivity contribution in [2.45, 2.75) is 50.0 Å². The SMILES string of the molecule is COc1ccc(NC(=O)c2cccc(N=NC(C(C)=O)C(=O)Nc3ccc(NC(=O)C(N=Nc4cccc(C(=O)Nc5ccc(OC)cc5CCl)c4Cl)C(C)=O)c(C(C)Cl)c3)c2Cl)c(CCl)c1. The number of ether oxygens (including phenoxy) is 2. The van der Waals surface area contributed by atoms with Gasteiger partial charge in [0, 0.05) is 34.5 Å². The fourth-order valence-corrected chi connectivity index (χ4v) is 7.28. The second kappa shape index (κ2) is 23.8. The van der Waals surface area contributed by atoms with Crippen LogP contribution in [0, 0.1) is 0 Å². The largest absolute Gasteiger partial charge is 0.497 e. The number of nitrogens with one attached hydrogen (secondary N) is 4. The molecular weight excluding hydrogens is 970 g/mol. The summed E-state index contributed by atoms with van der Waals surface area (Å²) >= 11 is 31.8. The summed E-state index contributed by atoms with van der Waals surface area (Å²) in [5.74, 6) is -2.93. The number of halogens is 5. The minimum absolute atomic E-state index is 0.00510. The summed E-state index contributed by atoms with van der Waals surface area (Å²) in [5, 5.41) is 25.9. The van der Waals surface area contributed by atoms with E-state index in [2.05, 4.69) is 41.7 Å². The first-order valence-electron chi connectivity index (χ1n) is 19.9. The molecule has 0 aromatic heterocycles. The zero-order chi connectivity index (χ0) is 48.9. The van der Waals surface area contributed by atoms with Crippen molar-refractivity contribution < 1.29 is 38.2 Å². The zero-order valence-electron chi connectivity index (χ0n) is 36.3. The van der Waals surface area contributed by atoms with Crippen LogP contribution in [-0.2, 0) is 30.9 Å². The van der Waals surface area contributed by atoms with Crippen molar-refractivity contribution in [3.8, 4) is 11.5 Å². The van der Waals surface area contributed by atoms with Crippen molar-refractivity contribution in [1.82, 2.24) is 0 Å². The number of alkyl halides is 3. The Morgan fingerprint density at radius 2 is 1.01 bits per heavy atom. The van der Waals surface area contributed by atoms with Crippen molar-refractivity contribution >= 4 is 127 Å². The topological polar surface area (TPSA) is 218 Å². The average Bonchev–Trinajstić information content (AvgIpc) is 3.30. The molecule has 16 nitrogen and oxygen atoms in total. The molecule has 5 aromatic rings. The van der Waals surface area contributed by atoms with Gasteiger partial charge in [-0.25, -0.2) is 0 Å². The second-order valence-corrected chi connectivity index (χ2v) is 16.3. The van der Waals surface area contributed by atoms with E-state index in [0.717, 1.165) is 13.8 Å². The fraction of sp³-hybridized carbons (Fsp3) is 0.217. The molecule has 0 spiro atoms. The van der Waals surface area contributed by atoms with E-state index in [1.165, 1.54) is 68.8 Å². The molecule has 0 bridgehead atoms. The van der Waals surface area contributed by atoms with Gasteiger partial charge < -0.3 is 30.7 Å². The van der Waals surface area contributed by atoms with Gasteiger partial charge in [0.25, 0.3) is 23.6 Å². The summed E-state index contributed by atoms with van der Waals surface area (Å²) in [7, 11) is 3.01. The highest BCUT2D eigenvalue weighted by Gasteiger charge is 2.27. The van der Waals surface area contributed by atoms with E-state index in [4.69, 9.17) is 67.5 Å². The molecule has 5 rings (SSSR count). The Hall–Kier alpha value is -6.43. The van der Waals surface area contributed by atoms with E-state index >= 15 is 0 Å². The summed E-state index contributed by atoms with van der Waals surface area (Å²) in [6.45, 7) is 3.90. The van der Waals surface area contributed by atoms with Crippen LogP contribution in [0.25, 0.3) is 0 Å². The van der Waals surface area contributed by atoms with Crippen LogP contribution in [0.1, 0.15) is 63.6 Å². The molecule has 0 saturated heterocycles. The summed E-state index contributed by atoms with van der Waals surface area (Å²) < 4.78 is 10.4. The Balaban J connectivity index is 1.28. The lowest BCUT2D eigenvalue weighted by Crippen LogP contribution is -2.32. The van der Waals surface area contributed by atoms with Gasteiger partial charge >= 0.3 is 0 Å². The summed E-state index contributed by atoms with van der Waals surface area (Å²) in [6.07, 6.45) is 0. The molecule has 348 valence electrons. The number of amides is 4. The number of benzene rings is 5. The third-order valence-electron chi connectivity index (χ3n) is 9.69. The Kier molecular flexibility index (Phi) is 18.3. The van der Waals surface area contributed by atoms with E-state index in [1.807, 2.05) is 0 Å². The number of hydrogen-bond acceptors (Lipinski definition) is 12. The van der Waals surface area contributed by atoms with Crippen LogP contribution in [0.2, 0.25) is 10.0 Å². The van der Waals surface area contributed by atoms with Crippen LogP contribution in [-0.4, -0.2) is 61.5 Å². The van der Waals surface area contributed by atoms with E-state index in [-0.39, 0.29) is 55.7 Å². The van der Waals surface area contributed by atoms with Gasteiger partial charge in [-0.3, -0.25) is 28.8 Å². The smallest absolute Gasteiger partial charge is 0.258 e. The average molecular weight is 1010 g/mol. The number of carbonyl (C=O) groups is 6. The maximum Gasteiger partial charge on any atom is 0.258 e. The second-order valence-electron chi connectivity index (χ2n) is 14.4. The fourth-order valence-electron chi connectivity index (χ4n) is 6.15. The number of Topliss-reactive ketones (excluding diaryl/α,β-unsaturated/α-hetero) is 2. The standard InChI is InChI=1S/C46H41Cl5N8O8/c1-23(49)33-20-28(52-45(64)41(24(2)60)58-56-37-10-6-8-31(39(37)50)43(62)53-34-16-13-29(66-4)18-26(34)21-47)12-15-36(33)55-46(65)42(25(3)61)59-57-38-11-7-9-32(40(38)51)44(63)54-35-17-14-30(67-5)19-27(35)22-48/h6-20,23,41-42H,21-22H2,1-5H3,(H,52,64)(H,53,62)(H,54,63)(H,55,65). The molecular formula is C46H41Cl5N8O8. The minimum Gasteiger partial charge on any atom is -0.497 e. The van der Waals surface area contributed by atoms with Crippen LogP contribution >= 0.6 is 58.0 Å². The van der Waals surface area contributed by atoms with E-state index in [9.17, 15) is 28.8 Å². The van der Waals surface area contributed by atoms with E-state index < -0.39 is 52.7 Å². The van der Waals surface area contributed by atoms with E-state index in [0.29, 0.717) is 39.6 Å². The predicted octanol–water partition coefficient (Wildman–Crippen LogP) is 11.7. The lowest BCUT2D eigenvalue weighted by Gasteiger charge is -2.17. The Labute approximate surface area is 409 Å². The number of hydrogen-bond donors (Lipinski definition) is 4. The number of ketones is 2. The van der Waals surface area contributed by atoms with Crippen molar-refractivity contribution in [3.63, 3.8) is 0 Å². The number of rotatable bonds is 19. The lowest BCUT2D eigenvalue weighted by molar-refractivity contribution is -0.127. The monoisotopic (exact) mass is 1010 g/mol. The Morgan fingerprint density at radius 1 is 0.582 bits per heavy atom. The van der Waals surface area contributed by atoms with Crippen LogP contribution < -0.4 is 30.7 Å². The van der Waals surface area contributed by atoms with Crippen molar-refractivity contribution in [3.05, 3.63) is 129 Å². The number of azo groups is 2. The van der Waals surface area contributed by atoms with E-state index in [1.54, 1.807) is 43.3 Å². The van der Waals surface area contributed by atoms with Crippen LogP contribution in [0.4, 0.5) is 34.1 Å². The van der Waals surface area contributed by atoms with Crippen LogP contribution in [0.15, 0.2) is 111 Å². The first kappa shape index (κ1) is 51.6. The van der Waals surface area contributed by atoms with Gasteiger partial charge in [-0.2, -0.15) is 20.5 Å². The first-order valence-corrected chi connectivity index (χ1v) is 22.1. The summed E-state index contributed by atoms with van der Waals surface area (Å²) in [5.41, 5.74) is 2.82. The summed E-state index contributed by atoms with van der Waals surface area (Å²) in [4.78, 5) is 78.9. The third-order valence-corrected chi connectivity index (χ3v) is 11.3. The number of carbonyl (C=O) groups excluding carboxylic acids is 6. The molecule has 0 radical (unpaired) electrons. The molecule has 0 aliphatic rings. The zero-order valence-corrected chi connectivity index (χ0v) is 40.0. The van der Waals surface area contributed by atoms with Gasteiger partial charge in [-0.1, -0.05) is 35.3 Å². The highest BCUT2D eigenvalue weighted by Crippen LogP contribution is 2.34. The normalized spacial score (nSPS) is 12.5. The molecule has 3 unspecified atom stereocenters. The molecule has 21 heteroatoms. The molecule has 0 aliphatic carbocycles. The molecule has 67 heavy (non-hydrogen) atoms. The van der Waals surface area contributed by atoms with Crippen molar-refractivity contribution in [1.29, 1.82) is 0 Å². The van der Waals surface area contributed by atoms with Crippen molar-refractivity contribution in [2.24, 2.45) is 20.5 Å². The number of nitrogens with zero attached hydrogens (tertiary/aromatic N) is 4. The van der Waals surface area contributed by atoms with Crippen LogP contribution in [0.5, 0.6) is 11.5 Å². The van der Waals surface area contributed by atoms with Gasteiger partial charge in [0.05, 0.1) is 40.8 Å². The maximum atomic E-state index is 13.5. The Bertz CT molecular complexity index is 2790. The van der Waals surface area contributed by atoms with Crippen molar-refractivity contribution in [2.75, 3.05) is 35.5 Å². The molecule has 5 aromatic carbocycles. The molecule has 0 fully saturated rings. The molecule has 4 N–H and O–H groups in total. The molecule has 0 heterocycles.